The summed E-state index contributed by atoms with van der Waals surface area (Å²) in [5.74, 6) is 0.615. The maximum absolute atomic E-state index is 7.74. The minimum absolute atomic E-state index is 0.0490. The lowest BCUT2D eigenvalue weighted by atomic mass is 10.0. The van der Waals surface area contributed by atoms with Crippen LogP contribution in [-0.4, -0.2) is 22.6 Å². The van der Waals surface area contributed by atoms with Gasteiger partial charge in [-0.3, -0.25) is 4.98 Å². The average molecular weight is 194 g/mol. The van der Waals surface area contributed by atoms with Crippen LogP contribution in [0.15, 0.2) is 12.3 Å². The van der Waals surface area contributed by atoms with Crippen LogP contribution in [0.3, 0.4) is 0 Å². The molecule has 0 bridgehead atoms. The molecule has 0 aliphatic carbocycles. The van der Waals surface area contributed by atoms with Gasteiger partial charge < -0.3 is 10.6 Å². The topological polar surface area (TPSA) is 55.0 Å². The fraction of sp³-hybridized carbons (Fsp3) is 0.600. The smallest absolute Gasteiger partial charge is 0.149 e. The van der Waals surface area contributed by atoms with Gasteiger partial charge in [0.05, 0.1) is 15.1 Å². The van der Waals surface area contributed by atoms with E-state index in [4.69, 9.17) is 8.48 Å². The molecule has 1 aromatic rings. The summed E-state index contributed by atoms with van der Waals surface area (Å²) in [4.78, 5) is 9.96. The zero-order valence-corrected chi connectivity index (χ0v) is 8.32. The Kier molecular flexibility index (Phi) is 1.92. The molecule has 2 rings (SSSR count). The number of piperidine rings is 1. The van der Waals surface area contributed by atoms with Crippen molar-refractivity contribution < 1.29 is 2.74 Å². The monoisotopic (exact) mass is 194 g/mol. The number of nitrogens with zero attached hydrogens (tertiary/aromatic N) is 3. The van der Waals surface area contributed by atoms with Crippen molar-refractivity contribution in [1.29, 1.82) is 0 Å². The molecule has 0 radical (unpaired) electrons. The van der Waals surface area contributed by atoms with Crippen molar-refractivity contribution in [3.8, 4) is 0 Å². The molecular formula is C10H16N4. The highest BCUT2D eigenvalue weighted by Gasteiger charge is 2.19. The summed E-state index contributed by atoms with van der Waals surface area (Å²) in [5.41, 5.74) is 5.57. The molecule has 2 heterocycles. The lowest BCUT2D eigenvalue weighted by molar-refractivity contribution is 0.481. The molecular weight excluding hydrogens is 176 g/mol. The van der Waals surface area contributed by atoms with Crippen LogP contribution >= 0.6 is 0 Å². The van der Waals surface area contributed by atoms with E-state index in [1.165, 1.54) is 6.42 Å². The summed E-state index contributed by atoms with van der Waals surface area (Å²) in [6.45, 7) is 3.00. The highest BCUT2D eigenvalue weighted by atomic mass is 15.2. The number of hydrogen-bond donors (Lipinski definition) is 1. The quantitative estimate of drug-likeness (QED) is 0.735. The second-order valence-corrected chi connectivity index (χ2v) is 3.69. The molecule has 1 aliphatic rings. The van der Waals surface area contributed by atoms with Crippen LogP contribution in [0, 0.1) is 0 Å². The molecule has 76 valence electrons. The van der Waals surface area contributed by atoms with Crippen LogP contribution in [0.25, 0.3) is 0 Å². The molecule has 1 aliphatic heterocycles. The van der Waals surface area contributed by atoms with Crippen molar-refractivity contribution in [2.75, 3.05) is 17.2 Å². The van der Waals surface area contributed by atoms with Gasteiger partial charge in [-0.1, -0.05) is 0 Å². The van der Waals surface area contributed by atoms with Crippen LogP contribution in [0.1, 0.15) is 28.9 Å². The molecule has 4 nitrogen and oxygen atoms in total. The van der Waals surface area contributed by atoms with Gasteiger partial charge in [0.25, 0.3) is 0 Å². The predicted molar refractivity (Wildman–Crippen MR) is 57.1 cm³/mol. The first-order valence-electron chi connectivity index (χ1n) is 5.97. The van der Waals surface area contributed by atoms with Gasteiger partial charge in [0, 0.05) is 12.6 Å². The molecule has 14 heavy (non-hydrogen) atoms. The van der Waals surface area contributed by atoms with Gasteiger partial charge in [0.1, 0.15) is 11.6 Å². The molecule has 0 spiro atoms. The molecule has 1 atom stereocenters. The minimum Gasteiger partial charge on any atom is -0.382 e. The van der Waals surface area contributed by atoms with E-state index < -0.39 is 0 Å². The number of nitrogen functional groups attached to an aromatic ring is 1. The van der Waals surface area contributed by atoms with E-state index in [1.807, 2.05) is 0 Å². The van der Waals surface area contributed by atoms with E-state index >= 15 is 0 Å². The third-order valence-electron chi connectivity index (χ3n) is 2.63. The normalized spacial score (nSPS) is 24.4. The summed E-state index contributed by atoms with van der Waals surface area (Å²) in [6.07, 6.45) is 3.36. The molecule has 1 aromatic heterocycles. The minimum atomic E-state index is -0.113. The largest absolute Gasteiger partial charge is 0.382 e. The standard InChI is InChI=1S/C10H16N4/c1-8-4-2-3-5-14(8)10-7-12-6-9(11)13-10/h6-8H,2-5H2,1H3,(H2,11,13)/i6D,7D. The van der Waals surface area contributed by atoms with Gasteiger partial charge in [-0.25, -0.2) is 4.98 Å². The SMILES string of the molecule is [2H]c1nc([2H])c(N2CCCCC2C)nc1N. The molecule has 0 aromatic carbocycles. The number of rotatable bonds is 1. The van der Waals surface area contributed by atoms with Crippen LogP contribution in [0.2, 0.25) is 0 Å². The summed E-state index contributed by atoms with van der Waals surface area (Å²) in [7, 11) is 0. The molecule has 1 unspecified atom stereocenters. The van der Waals surface area contributed by atoms with Crippen LogP contribution in [0.4, 0.5) is 11.6 Å². The van der Waals surface area contributed by atoms with Crippen molar-refractivity contribution >= 4 is 11.6 Å². The van der Waals surface area contributed by atoms with Crippen LogP contribution < -0.4 is 10.6 Å². The number of aromatic nitrogens is 2. The third kappa shape index (κ3) is 1.78. The second kappa shape index (κ2) is 3.82. The van der Waals surface area contributed by atoms with Gasteiger partial charge in [-0.05, 0) is 26.2 Å². The Labute approximate surface area is 87.0 Å². The average Bonchev–Trinajstić information content (AvgIpc) is 2.25. The maximum Gasteiger partial charge on any atom is 0.149 e. The van der Waals surface area contributed by atoms with E-state index in [0.29, 0.717) is 11.9 Å². The summed E-state index contributed by atoms with van der Waals surface area (Å²) < 4.78 is 15.1. The maximum atomic E-state index is 7.74. The van der Waals surface area contributed by atoms with Gasteiger partial charge >= 0.3 is 0 Å². The van der Waals surface area contributed by atoms with Crippen LogP contribution in [-0.2, 0) is 0 Å². The van der Waals surface area contributed by atoms with Gasteiger partial charge in [-0.15, -0.1) is 0 Å². The third-order valence-corrected chi connectivity index (χ3v) is 2.63. The molecule has 0 saturated carbocycles. The van der Waals surface area contributed by atoms with Crippen molar-refractivity contribution in [1.82, 2.24) is 9.97 Å². The number of hydrogen-bond acceptors (Lipinski definition) is 4. The fourth-order valence-corrected chi connectivity index (χ4v) is 1.84. The molecule has 0 amide bonds. The molecule has 1 fully saturated rings. The number of nitrogens with two attached hydrogens (primary N) is 1. The van der Waals surface area contributed by atoms with E-state index in [9.17, 15) is 0 Å². The molecule has 2 N–H and O–H groups in total. The Bertz CT molecular complexity index is 397. The fourth-order valence-electron chi connectivity index (χ4n) is 1.84. The summed E-state index contributed by atoms with van der Waals surface area (Å²) in [6, 6.07) is 0.364. The Balaban J connectivity index is 2.35. The summed E-state index contributed by atoms with van der Waals surface area (Å²) in [5, 5.41) is 0. The molecule has 1 saturated heterocycles. The highest BCUT2D eigenvalue weighted by Crippen LogP contribution is 2.22. The zero-order valence-electron chi connectivity index (χ0n) is 10.3. The highest BCUT2D eigenvalue weighted by molar-refractivity contribution is 5.42. The number of anilines is 2. The summed E-state index contributed by atoms with van der Waals surface area (Å²) >= 11 is 0. The van der Waals surface area contributed by atoms with E-state index in [0.717, 1.165) is 19.4 Å². The Morgan fingerprint density at radius 1 is 1.57 bits per heavy atom. The Morgan fingerprint density at radius 2 is 2.43 bits per heavy atom. The lowest BCUT2D eigenvalue weighted by Gasteiger charge is -2.34. The lowest BCUT2D eigenvalue weighted by Crippen LogP contribution is -2.38. The van der Waals surface area contributed by atoms with Gasteiger partial charge in [-0.2, -0.15) is 0 Å². The Morgan fingerprint density at radius 3 is 3.21 bits per heavy atom. The predicted octanol–water partition coefficient (Wildman–Crippen LogP) is 1.44. The second-order valence-electron chi connectivity index (χ2n) is 3.69. The van der Waals surface area contributed by atoms with Crippen molar-refractivity contribution in [2.45, 2.75) is 32.2 Å². The molecule has 4 heteroatoms. The van der Waals surface area contributed by atoms with Gasteiger partial charge in [0.15, 0.2) is 0 Å². The van der Waals surface area contributed by atoms with E-state index in [1.54, 1.807) is 0 Å². The van der Waals surface area contributed by atoms with E-state index in [-0.39, 0.29) is 18.2 Å². The van der Waals surface area contributed by atoms with E-state index in [2.05, 4.69) is 21.8 Å². The van der Waals surface area contributed by atoms with Crippen LogP contribution in [0.5, 0.6) is 0 Å². The van der Waals surface area contributed by atoms with Crippen molar-refractivity contribution in [3.63, 3.8) is 0 Å². The zero-order chi connectivity index (χ0) is 11.7. The van der Waals surface area contributed by atoms with Crippen molar-refractivity contribution in [2.24, 2.45) is 0 Å². The first-order chi connectivity index (χ1) is 7.59. The Hall–Kier alpha value is -1.32. The van der Waals surface area contributed by atoms with Crippen molar-refractivity contribution in [3.05, 3.63) is 12.3 Å². The first kappa shape index (κ1) is 7.04. The first-order valence-corrected chi connectivity index (χ1v) is 4.97. The van der Waals surface area contributed by atoms with Gasteiger partial charge in [0.2, 0.25) is 0 Å².